The van der Waals surface area contributed by atoms with Crippen LogP contribution in [0, 0.1) is 0 Å². The van der Waals surface area contributed by atoms with Gasteiger partial charge in [-0.3, -0.25) is 9.59 Å². The van der Waals surface area contributed by atoms with Crippen molar-refractivity contribution in [3.05, 3.63) is 101 Å². The normalized spacial score (nSPS) is 14.6. The SMILES string of the molecule is O=C(NC1CCCCC1)[C@@H](Cc1ccccc1)N(Cc1ccc(Br)cc1)C(=O)COc1ccccc1. The van der Waals surface area contributed by atoms with Crippen LogP contribution < -0.4 is 10.1 Å². The van der Waals surface area contributed by atoms with Crippen LogP contribution in [0.2, 0.25) is 0 Å². The molecule has 1 aliphatic rings. The molecule has 36 heavy (non-hydrogen) atoms. The van der Waals surface area contributed by atoms with Crippen molar-refractivity contribution in [1.82, 2.24) is 10.2 Å². The number of para-hydroxylation sites is 1. The van der Waals surface area contributed by atoms with E-state index >= 15 is 0 Å². The van der Waals surface area contributed by atoms with Gasteiger partial charge in [-0.1, -0.05) is 95.9 Å². The van der Waals surface area contributed by atoms with Gasteiger partial charge >= 0.3 is 0 Å². The zero-order valence-corrected chi connectivity index (χ0v) is 22.0. The second kappa shape index (κ2) is 13.3. The lowest BCUT2D eigenvalue weighted by Gasteiger charge is -2.33. The maximum atomic E-state index is 13.7. The molecule has 1 aliphatic carbocycles. The van der Waals surface area contributed by atoms with Crippen molar-refractivity contribution in [3.8, 4) is 5.75 Å². The number of hydrogen-bond donors (Lipinski definition) is 1. The lowest BCUT2D eigenvalue weighted by atomic mass is 9.94. The molecule has 3 aromatic carbocycles. The molecular weight excluding hydrogens is 516 g/mol. The molecule has 5 nitrogen and oxygen atoms in total. The van der Waals surface area contributed by atoms with E-state index < -0.39 is 6.04 Å². The molecule has 2 amide bonds. The molecule has 188 valence electrons. The van der Waals surface area contributed by atoms with Gasteiger partial charge in [-0.2, -0.15) is 0 Å². The standard InChI is InChI=1S/C30H33BrN2O3/c31-25-18-16-24(17-19-25)21-33(29(34)22-36-27-14-8-3-9-15-27)28(20-23-10-4-1-5-11-23)30(35)32-26-12-6-2-7-13-26/h1,3-5,8-11,14-19,26,28H,2,6-7,12-13,20-22H2,(H,32,35)/t28-/m1/s1. The minimum atomic E-state index is -0.648. The molecule has 4 rings (SSSR count). The molecule has 1 saturated carbocycles. The van der Waals surface area contributed by atoms with E-state index in [1.165, 1.54) is 6.42 Å². The summed E-state index contributed by atoms with van der Waals surface area (Å²) in [5.74, 6) is 0.304. The summed E-state index contributed by atoms with van der Waals surface area (Å²) < 4.78 is 6.77. The van der Waals surface area contributed by atoms with E-state index in [1.54, 1.807) is 4.90 Å². The fourth-order valence-electron chi connectivity index (χ4n) is 4.63. The summed E-state index contributed by atoms with van der Waals surface area (Å²) in [4.78, 5) is 29.0. The zero-order chi connectivity index (χ0) is 25.2. The Morgan fingerprint density at radius 3 is 2.17 bits per heavy atom. The van der Waals surface area contributed by atoms with Gasteiger partial charge in [-0.15, -0.1) is 0 Å². The average molecular weight is 550 g/mol. The number of amides is 2. The van der Waals surface area contributed by atoms with Crippen LogP contribution in [0.3, 0.4) is 0 Å². The number of rotatable bonds is 10. The molecule has 1 fully saturated rings. The molecule has 0 bridgehead atoms. The summed E-state index contributed by atoms with van der Waals surface area (Å²) in [7, 11) is 0. The minimum Gasteiger partial charge on any atom is -0.484 e. The first kappa shape index (κ1) is 26.0. The van der Waals surface area contributed by atoms with E-state index in [-0.39, 0.29) is 24.5 Å². The van der Waals surface area contributed by atoms with Crippen LogP contribution in [0.4, 0.5) is 0 Å². The van der Waals surface area contributed by atoms with Crippen molar-refractivity contribution in [1.29, 1.82) is 0 Å². The highest BCUT2D eigenvalue weighted by atomic mass is 79.9. The molecule has 0 unspecified atom stereocenters. The number of carbonyl (C=O) groups excluding carboxylic acids is 2. The van der Waals surface area contributed by atoms with Crippen LogP contribution in [0.5, 0.6) is 5.75 Å². The fraction of sp³-hybridized carbons (Fsp3) is 0.333. The molecule has 0 saturated heterocycles. The molecule has 0 heterocycles. The van der Waals surface area contributed by atoms with Crippen LogP contribution in [-0.4, -0.2) is 35.4 Å². The third-order valence-electron chi connectivity index (χ3n) is 6.59. The van der Waals surface area contributed by atoms with Crippen LogP contribution >= 0.6 is 15.9 Å². The number of nitrogens with zero attached hydrogens (tertiary/aromatic N) is 1. The number of carbonyl (C=O) groups is 2. The summed E-state index contributed by atoms with van der Waals surface area (Å²) in [5, 5.41) is 3.26. The maximum Gasteiger partial charge on any atom is 0.261 e. The van der Waals surface area contributed by atoms with Crippen LogP contribution in [0.25, 0.3) is 0 Å². The molecule has 0 aromatic heterocycles. The largest absolute Gasteiger partial charge is 0.484 e. The quantitative estimate of drug-likeness (QED) is 0.342. The topological polar surface area (TPSA) is 58.6 Å². The summed E-state index contributed by atoms with van der Waals surface area (Å²) >= 11 is 3.48. The van der Waals surface area contributed by atoms with Gasteiger partial charge in [0.05, 0.1) is 0 Å². The Kier molecular flexibility index (Phi) is 9.56. The van der Waals surface area contributed by atoms with Gasteiger partial charge in [0.25, 0.3) is 5.91 Å². The summed E-state index contributed by atoms with van der Waals surface area (Å²) in [5.41, 5.74) is 1.97. The second-order valence-electron chi connectivity index (χ2n) is 9.30. The van der Waals surface area contributed by atoms with Gasteiger partial charge in [-0.25, -0.2) is 0 Å². The van der Waals surface area contributed by atoms with Crippen molar-refractivity contribution < 1.29 is 14.3 Å². The molecule has 0 radical (unpaired) electrons. The third kappa shape index (κ3) is 7.69. The van der Waals surface area contributed by atoms with Gasteiger partial charge in [0.1, 0.15) is 11.8 Å². The lowest BCUT2D eigenvalue weighted by Crippen LogP contribution is -2.53. The Morgan fingerprint density at radius 1 is 0.861 bits per heavy atom. The highest BCUT2D eigenvalue weighted by molar-refractivity contribution is 9.10. The number of halogens is 1. The predicted molar refractivity (Wildman–Crippen MR) is 146 cm³/mol. The predicted octanol–water partition coefficient (Wildman–Crippen LogP) is 5.92. The number of ether oxygens (including phenoxy) is 1. The van der Waals surface area contributed by atoms with Crippen molar-refractivity contribution in [3.63, 3.8) is 0 Å². The Labute approximate surface area is 222 Å². The van der Waals surface area contributed by atoms with Crippen LogP contribution in [0.1, 0.15) is 43.2 Å². The summed E-state index contributed by atoms with van der Waals surface area (Å²) in [6.45, 7) is 0.183. The van der Waals surface area contributed by atoms with Crippen LogP contribution in [0.15, 0.2) is 89.4 Å². The first-order chi connectivity index (χ1) is 17.6. The fourth-order valence-corrected chi connectivity index (χ4v) is 4.89. The van der Waals surface area contributed by atoms with Crippen LogP contribution in [-0.2, 0) is 22.6 Å². The van der Waals surface area contributed by atoms with Gasteiger partial charge in [0.15, 0.2) is 6.61 Å². The molecule has 0 spiro atoms. The highest BCUT2D eigenvalue weighted by Gasteiger charge is 2.32. The Hall–Kier alpha value is -3.12. The Balaban J connectivity index is 1.60. The molecule has 0 aliphatic heterocycles. The van der Waals surface area contributed by atoms with Gasteiger partial charge in [-0.05, 0) is 48.2 Å². The number of hydrogen-bond acceptors (Lipinski definition) is 3. The first-order valence-corrected chi connectivity index (χ1v) is 13.4. The van der Waals surface area contributed by atoms with Crippen molar-refractivity contribution >= 4 is 27.7 Å². The third-order valence-corrected chi connectivity index (χ3v) is 7.12. The van der Waals surface area contributed by atoms with E-state index in [1.807, 2.05) is 84.9 Å². The molecule has 3 aromatic rings. The molecule has 1 N–H and O–H groups in total. The van der Waals surface area contributed by atoms with Gasteiger partial charge in [0.2, 0.25) is 5.91 Å². The first-order valence-electron chi connectivity index (χ1n) is 12.6. The lowest BCUT2D eigenvalue weighted by molar-refractivity contribution is -0.143. The smallest absolute Gasteiger partial charge is 0.261 e. The minimum absolute atomic E-state index is 0.101. The van der Waals surface area contributed by atoms with Crippen molar-refractivity contribution in [2.75, 3.05) is 6.61 Å². The molecule has 1 atom stereocenters. The highest BCUT2D eigenvalue weighted by Crippen LogP contribution is 2.21. The van der Waals surface area contributed by atoms with E-state index in [4.69, 9.17) is 4.74 Å². The summed E-state index contributed by atoms with van der Waals surface area (Å²) in [6, 6.07) is 26.5. The second-order valence-corrected chi connectivity index (χ2v) is 10.2. The van der Waals surface area contributed by atoms with E-state index in [0.29, 0.717) is 18.7 Å². The van der Waals surface area contributed by atoms with Crippen molar-refractivity contribution in [2.24, 2.45) is 0 Å². The van der Waals surface area contributed by atoms with E-state index in [2.05, 4.69) is 21.2 Å². The monoisotopic (exact) mass is 548 g/mol. The van der Waals surface area contributed by atoms with E-state index in [9.17, 15) is 9.59 Å². The zero-order valence-electron chi connectivity index (χ0n) is 20.4. The maximum absolute atomic E-state index is 13.7. The van der Waals surface area contributed by atoms with E-state index in [0.717, 1.165) is 41.3 Å². The van der Waals surface area contributed by atoms with Crippen molar-refractivity contribution in [2.45, 2.75) is 57.2 Å². The Bertz CT molecular complexity index is 1100. The number of nitrogens with one attached hydrogen (secondary N) is 1. The summed E-state index contributed by atoms with van der Waals surface area (Å²) in [6.07, 6.45) is 5.88. The molecular formula is C30H33BrN2O3. The number of benzene rings is 3. The molecule has 6 heteroatoms. The van der Waals surface area contributed by atoms with Gasteiger partial charge in [0, 0.05) is 23.5 Å². The van der Waals surface area contributed by atoms with Gasteiger partial charge < -0.3 is 15.0 Å². The average Bonchev–Trinajstić information content (AvgIpc) is 2.92. The Morgan fingerprint density at radius 2 is 1.50 bits per heavy atom.